The van der Waals surface area contributed by atoms with Gasteiger partial charge in [0.25, 0.3) is 0 Å². The van der Waals surface area contributed by atoms with Crippen molar-refractivity contribution in [3.63, 3.8) is 0 Å². The van der Waals surface area contributed by atoms with Crippen molar-refractivity contribution in [2.45, 2.75) is 46.1 Å². The third-order valence-electron chi connectivity index (χ3n) is 3.75. The summed E-state index contributed by atoms with van der Waals surface area (Å²) < 4.78 is 0. The van der Waals surface area contributed by atoms with Crippen LogP contribution in [-0.4, -0.2) is 0 Å². The molecule has 1 aromatic heterocycles. The average molecular weight is 288 g/mol. The van der Waals surface area contributed by atoms with Gasteiger partial charge in [0.05, 0.1) is 6.04 Å². The summed E-state index contributed by atoms with van der Waals surface area (Å²) in [6.45, 7) is 11.0. The quantitative estimate of drug-likeness (QED) is 0.655. The van der Waals surface area contributed by atoms with E-state index in [-0.39, 0.29) is 11.5 Å². The maximum Gasteiger partial charge on any atom is 0.0802 e. The van der Waals surface area contributed by atoms with Crippen molar-refractivity contribution >= 4 is 11.3 Å². The smallest absolute Gasteiger partial charge is 0.0802 e. The Labute approximate surface area is 126 Å². The fourth-order valence-corrected chi connectivity index (χ4v) is 3.39. The summed E-state index contributed by atoms with van der Waals surface area (Å²) >= 11 is 1.81. The van der Waals surface area contributed by atoms with E-state index in [0.29, 0.717) is 0 Å². The maximum atomic E-state index is 5.78. The minimum Gasteiger partial charge on any atom is -0.271 e. The molecule has 1 aromatic carbocycles. The molecule has 3 N–H and O–H groups in total. The van der Waals surface area contributed by atoms with Gasteiger partial charge in [-0.25, -0.2) is 5.43 Å². The molecule has 0 aliphatic heterocycles. The molecule has 0 aliphatic rings. The van der Waals surface area contributed by atoms with E-state index in [0.717, 1.165) is 0 Å². The summed E-state index contributed by atoms with van der Waals surface area (Å²) in [5.41, 5.74) is 7.01. The van der Waals surface area contributed by atoms with E-state index >= 15 is 0 Å². The molecule has 0 amide bonds. The van der Waals surface area contributed by atoms with Crippen LogP contribution in [0.3, 0.4) is 0 Å². The lowest BCUT2D eigenvalue weighted by Gasteiger charge is -2.21. The Hall–Kier alpha value is -1.16. The molecular formula is C17H24N2S. The Balaban J connectivity index is 2.33. The summed E-state index contributed by atoms with van der Waals surface area (Å²) in [6.07, 6.45) is 0. The molecule has 0 aliphatic carbocycles. The molecule has 1 unspecified atom stereocenters. The van der Waals surface area contributed by atoms with Crippen LogP contribution in [0.25, 0.3) is 0 Å². The van der Waals surface area contributed by atoms with Gasteiger partial charge in [-0.15, -0.1) is 11.3 Å². The number of aryl methyl sites for hydroxylation is 2. The van der Waals surface area contributed by atoms with Crippen molar-refractivity contribution < 1.29 is 0 Å². The molecule has 3 heteroatoms. The number of nitrogens with one attached hydrogen (secondary N) is 1. The van der Waals surface area contributed by atoms with Crippen LogP contribution < -0.4 is 11.3 Å². The number of hydrogen-bond donors (Lipinski definition) is 2. The predicted octanol–water partition coefficient (Wildman–Crippen LogP) is 4.22. The lowest BCUT2D eigenvalue weighted by atomic mass is 9.86. The zero-order valence-corrected chi connectivity index (χ0v) is 13.8. The minimum atomic E-state index is 0.0708. The van der Waals surface area contributed by atoms with Gasteiger partial charge in [-0.1, -0.05) is 45.0 Å². The first-order valence-electron chi connectivity index (χ1n) is 6.96. The lowest BCUT2D eigenvalue weighted by molar-refractivity contribution is 0.588. The number of nitrogens with two attached hydrogens (primary N) is 1. The molecule has 1 heterocycles. The highest BCUT2D eigenvalue weighted by Crippen LogP contribution is 2.31. The van der Waals surface area contributed by atoms with Gasteiger partial charge < -0.3 is 0 Å². The molecule has 1 atom stereocenters. The van der Waals surface area contributed by atoms with Crippen molar-refractivity contribution in [2.24, 2.45) is 5.84 Å². The van der Waals surface area contributed by atoms with Crippen molar-refractivity contribution in [1.82, 2.24) is 5.43 Å². The molecule has 0 radical (unpaired) electrons. The third-order valence-corrected chi connectivity index (χ3v) is 4.96. The second kappa shape index (κ2) is 5.68. The fourth-order valence-electron chi connectivity index (χ4n) is 2.26. The first-order chi connectivity index (χ1) is 9.32. The normalized spacial score (nSPS) is 13.5. The van der Waals surface area contributed by atoms with Crippen molar-refractivity contribution in [3.8, 4) is 0 Å². The maximum absolute atomic E-state index is 5.78. The predicted molar refractivity (Wildman–Crippen MR) is 88.1 cm³/mol. The van der Waals surface area contributed by atoms with E-state index in [1.54, 1.807) is 0 Å². The van der Waals surface area contributed by atoms with Gasteiger partial charge in [0, 0.05) is 9.75 Å². The Morgan fingerprint density at radius 1 is 1.10 bits per heavy atom. The van der Waals surface area contributed by atoms with Crippen LogP contribution in [-0.2, 0) is 5.41 Å². The van der Waals surface area contributed by atoms with Crippen LogP contribution >= 0.6 is 11.3 Å². The third kappa shape index (κ3) is 3.11. The molecule has 20 heavy (non-hydrogen) atoms. The zero-order chi connectivity index (χ0) is 14.9. The molecule has 108 valence electrons. The van der Waals surface area contributed by atoms with E-state index < -0.39 is 0 Å². The second-order valence-corrected chi connectivity index (χ2v) is 7.65. The van der Waals surface area contributed by atoms with E-state index in [1.807, 2.05) is 11.3 Å². The number of rotatable bonds is 3. The highest BCUT2D eigenvalue weighted by molar-refractivity contribution is 7.12. The first-order valence-corrected chi connectivity index (χ1v) is 7.78. The highest BCUT2D eigenvalue weighted by Gasteiger charge is 2.18. The van der Waals surface area contributed by atoms with Crippen molar-refractivity contribution in [3.05, 3.63) is 56.8 Å². The minimum absolute atomic E-state index is 0.0708. The molecule has 2 nitrogen and oxygen atoms in total. The Kier molecular flexibility index (Phi) is 4.33. The Bertz CT molecular complexity index is 557. The average Bonchev–Trinajstić information content (AvgIpc) is 2.70. The van der Waals surface area contributed by atoms with Crippen LogP contribution in [0.4, 0.5) is 0 Å². The molecule has 0 bridgehead atoms. The largest absolute Gasteiger partial charge is 0.271 e. The van der Waals surface area contributed by atoms with Gasteiger partial charge in [0.1, 0.15) is 0 Å². The number of hydrogen-bond acceptors (Lipinski definition) is 3. The van der Waals surface area contributed by atoms with E-state index in [1.165, 1.54) is 26.4 Å². The molecule has 0 saturated heterocycles. The fraction of sp³-hybridized carbons (Fsp3) is 0.412. The monoisotopic (exact) mass is 288 g/mol. The SMILES string of the molecule is Cc1cc(C(NN)c2ccc(C(C)(C)C)cc2)sc1C. The van der Waals surface area contributed by atoms with Crippen LogP contribution in [0.15, 0.2) is 30.3 Å². The number of benzene rings is 1. The standard InChI is InChI=1S/C17H24N2S/c1-11-10-15(20-12(11)2)16(19-18)13-6-8-14(9-7-13)17(3,4)5/h6-10,16,19H,18H2,1-5H3. The van der Waals surface area contributed by atoms with E-state index in [2.05, 4.69) is 70.4 Å². The molecule has 0 spiro atoms. The Morgan fingerprint density at radius 3 is 2.10 bits per heavy atom. The summed E-state index contributed by atoms with van der Waals surface area (Å²) in [5, 5.41) is 0. The molecule has 0 fully saturated rings. The van der Waals surface area contributed by atoms with Gasteiger partial charge in [-0.05, 0) is 42.0 Å². The highest BCUT2D eigenvalue weighted by atomic mass is 32.1. The van der Waals surface area contributed by atoms with Gasteiger partial charge in [-0.3, -0.25) is 5.84 Å². The molecule has 2 aromatic rings. The van der Waals surface area contributed by atoms with Crippen LogP contribution in [0, 0.1) is 13.8 Å². The van der Waals surface area contributed by atoms with Crippen LogP contribution in [0.2, 0.25) is 0 Å². The van der Waals surface area contributed by atoms with E-state index in [4.69, 9.17) is 5.84 Å². The summed E-state index contributed by atoms with van der Waals surface area (Å²) in [6, 6.07) is 11.1. The molecule has 2 rings (SSSR count). The lowest BCUT2D eigenvalue weighted by Crippen LogP contribution is -2.28. The number of hydrazine groups is 1. The van der Waals surface area contributed by atoms with Crippen LogP contribution in [0.1, 0.15) is 53.3 Å². The molecular weight excluding hydrogens is 264 g/mol. The topological polar surface area (TPSA) is 38.0 Å². The summed E-state index contributed by atoms with van der Waals surface area (Å²) in [5.74, 6) is 5.78. The van der Waals surface area contributed by atoms with E-state index in [9.17, 15) is 0 Å². The summed E-state index contributed by atoms with van der Waals surface area (Å²) in [4.78, 5) is 2.62. The molecule has 0 saturated carbocycles. The number of thiophene rings is 1. The first kappa shape index (κ1) is 15.2. The zero-order valence-electron chi connectivity index (χ0n) is 12.9. The second-order valence-electron chi connectivity index (χ2n) is 6.36. The van der Waals surface area contributed by atoms with Crippen LogP contribution in [0.5, 0.6) is 0 Å². The van der Waals surface area contributed by atoms with Crippen molar-refractivity contribution in [1.29, 1.82) is 0 Å². The van der Waals surface area contributed by atoms with Crippen molar-refractivity contribution in [2.75, 3.05) is 0 Å². The van der Waals surface area contributed by atoms with Gasteiger partial charge >= 0.3 is 0 Å². The Morgan fingerprint density at radius 2 is 1.70 bits per heavy atom. The van der Waals surface area contributed by atoms with Gasteiger partial charge in [0.2, 0.25) is 0 Å². The van der Waals surface area contributed by atoms with Gasteiger partial charge in [0.15, 0.2) is 0 Å². The summed E-state index contributed by atoms with van der Waals surface area (Å²) in [7, 11) is 0. The van der Waals surface area contributed by atoms with Gasteiger partial charge in [-0.2, -0.15) is 0 Å².